The third-order valence-corrected chi connectivity index (χ3v) is 2.52. The van der Waals surface area contributed by atoms with E-state index >= 15 is 0 Å². The fraction of sp³-hybridized carbons (Fsp3) is 0.0769. The summed E-state index contributed by atoms with van der Waals surface area (Å²) in [7, 11) is 0. The molecule has 0 aliphatic carbocycles. The Morgan fingerprint density at radius 1 is 1.22 bits per heavy atom. The maximum Gasteiger partial charge on any atom is 0.337 e. The molecule has 0 amide bonds. The molecular formula is C13H10ClNO3. The minimum atomic E-state index is -0.993. The van der Waals surface area contributed by atoms with Gasteiger partial charge >= 0.3 is 5.97 Å². The number of aromatic nitrogens is 1. The van der Waals surface area contributed by atoms with E-state index in [1.165, 1.54) is 12.3 Å². The number of carbonyl (C=O) groups is 1. The van der Waals surface area contributed by atoms with Gasteiger partial charge in [-0.25, -0.2) is 4.79 Å². The molecule has 0 saturated heterocycles. The van der Waals surface area contributed by atoms with Crippen molar-refractivity contribution in [3.05, 3.63) is 58.9 Å². The fourth-order valence-corrected chi connectivity index (χ4v) is 1.45. The van der Waals surface area contributed by atoms with E-state index in [-0.39, 0.29) is 12.2 Å². The second-order valence-electron chi connectivity index (χ2n) is 3.59. The maximum absolute atomic E-state index is 10.6. The minimum Gasteiger partial charge on any atom is -0.487 e. The molecule has 18 heavy (non-hydrogen) atoms. The Kier molecular flexibility index (Phi) is 3.79. The highest BCUT2D eigenvalue weighted by Gasteiger charge is 2.03. The molecule has 0 radical (unpaired) electrons. The van der Waals surface area contributed by atoms with E-state index in [0.29, 0.717) is 16.5 Å². The van der Waals surface area contributed by atoms with E-state index in [2.05, 4.69) is 4.98 Å². The molecule has 0 atom stereocenters. The van der Waals surface area contributed by atoms with Crippen molar-refractivity contribution in [3.63, 3.8) is 0 Å². The number of benzene rings is 1. The summed E-state index contributed by atoms with van der Waals surface area (Å²) in [5.41, 5.74) is 0.820. The second-order valence-corrected chi connectivity index (χ2v) is 4.02. The quantitative estimate of drug-likeness (QED) is 0.921. The number of carboxylic acids is 1. The molecule has 0 bridgehead atoms. The van der Waals surface area contributed by atoms with Crippen molar-refractivity contribution < 1.29 is 14.6 Å². The summed E-state index contributed by atoms with van der Waals surface area (Å²) in [5.74, 6) is -0.309. The Balaban J connectivity index is 1.97. The molecule has 0 aliphatic rings. The van der Waals surface area contributed by atoms with Gasteiger partial charge in [-0.15, -0.1) is 0 Å². The first-order valence-corrected chi connectivity index (χ1v) is 5.59. The van der Waals surface area contributed by atoms with Crippen LogP contribution in [0.25, 0.3) is 0 Å². The number of hydrogen-bond donors (Lipinski definition) is 1. The van der Waals surface area contributed by atoms with Gasteiger partial charge < -0.3 is 9.84 Å². The SMILES string of the molecule is O=C(O)c1ccc(COc2ccc(Cl)cc2)nc1. The van der Waals surface area contributed by atoms with Crippen LogP contribution in [0, 0.1) is 0 Å². The summed E-state index contributed by atoms with van der Waals surface area (Å²) < 4.78 is 5.48. The van der Waals surface area contributed by atoms with Crippen molar-refractivity contribution >= 4 is 17.6 Å². The number of pyridine rings is 1. The highest BCUT2D eigenvalue weighted by atomic mass is 35.5. The lowest BCUT2D eigenvalue weighted by Gasteiger charge is -2.05. The van der Waals surface area contributed by atoms with Crippen molar-refractivity contribution in [3.8, 4) is 5.75 Å². The van der Waals surface area contributed by atoms with Crippen molar-refractivity contribution in [1.29, 1.82) is 0 Å². The van der Waals surface area contributed by atoms with Crippen LogP contribution in [0.5, 0.6) is 5.75 Å². The van der Waals surface area contributed by atoms with Gasteiger partial charge in [0.25, 0.3) is 0 Å². The molecule has 0 fully saturated rings. The van der Waals surface area contributed by atoms with Crippen molar-refractivity contribution in [2.75, 3.05) is 0 Å². The smallest absolute Gasteiger partial charge is 0.337 e. The summed E-state index contributed by atoms with van der Waals surface area (Å²) in [4.78, 5) is 14.6. The summed E-state index contributed by atoms with van der Waals surface area (Å²) in [5, 5.41) is 9.37. The normalized spacial score (nSPS) is 10.1. The number of carboxylic acid groups (broad SMARTS) is 1. The van der Waals surface area contributed by atoms with Gasteiger partial charge in [-0.05, 0) is 36.4 Å². The summed E-state index contributed by atoms with van der Waals surface area (Å²) in [6.45, 7) is 0.279. The number of aromatic carboxylic acids is 1. The highest BCUT2D eigenvalue weighted by Crippen LogP contribution is 2.16. The van der Waals surface area contributed by atoms with Crippen LogP contribution < -0.4 is 4.74 Å². The largest absolute Gasteiger partial charge is 0.487 e. The number of ether oxygens (including phenoxy) is 1. The molecule has 2 aromatic rings. The van der Waals surface area contributed by atoms with Crippen LogP contribution in [0.1, 0.15) is 16.1 Å². The van der Waals surface area contributed by atoms with Crippen LogP contribution in [0.2, 0.25) is 5.02 Å². The molecule has 0 unspecified atom stereocenters. The molecule has 4 nitrogen and oxygen atoms in total. The van der Waals surface area contributed by atoms with E-state index in [1.807, 2.05) is 0 Å². The van der Waals surface area contributed by atoms with E-state index in [1.54, 1.807) is 30.3 Å². The zero-order chi connectivity index (χ0) is 13.0. The van der Waals surface area contributed by atoms with Crippen molar-refractivity contribution in [2.24, 2.45) is 0 Å². The molecule has 5 heteroatoms. The molecule has 0 aliphatic heterocycles. The average molecular weight is 264 g/mol. The van der Waals surface area contributed by atoms with Gasteiger partial charge in [0.15, 0.2) is 0 Å². The monoisotopic (exact) mass is 263 g/mol. The first-order chi connectivity index (χ1) is 8.65. The van der Waals surface area contributed by atoms with Crippen LogP contribution in [0.15, 0.2) is 42.6 Å². The highest BCUT2D eigenvalue weighted by molar-refractivity contribution is 6.30. The van der Waals surface area contributed by atoms with E-state index in [4.69, 9.17) is 21.4 Å². The first-order valence-electron chi connectivity index (χ1n) is 5.22. The Bertz CT molecular complexity index is 537. The molecule has 1 aromatic heterocycles. The van der Waals surface area contributed by atoms with Gasteiger partial charge in [0.1, 0.15) is 12.4 Å². The summed E-state index contributed by atoms with van der Waals surface area (Å²) in [6, 6.07) is 10.1. The van der Waals surface area contributed by atoms with Gasteiger partial charge in [-0.1, -0.05) is 11.6 Å². The Morgan fingerprint density at radius 3 is 2.50 bits per heavy atom. The average Bonchev–Trinajstić information content (AvgIpc) is 2.38. The van der Waals surface area contributed by atoms with E-state index in [0.717, 1.165) is 0 Å². The molecule has 1 N–H and O–H groups in total. The van der Waals surface area contributed by atoms with Gasteiger partial charge in [-0.2, -0.15) is 0 Å². The van der Waals surface area contributed by atoms with Crippen molar-refractivity contribution in [1.82, 2.24) is 4.98 Å². The molecule has 0 spiro atoms. The lowest BCUT2D eigenvalue weighted by Crippen LogP contribution is -2.01. The minimum absolute atomic E-state index is 0.158. The number of rotatable bonds is 4. The Hall–Kier alpha value is -2.07. The van der Waals surface area contributed by atoms with E-state index in [9.17, 15) is 4.79 Å². The lowest BCUT2D eigenvalue weighted by molar-refractivity contribution is 0.0696. The zero-order valence-corrected chi connectivity index (χ0v) is 10.1. The topological polar surface area (TPSA) is 59.4 Å². The van der Waals surface area contributed by atoms with Gasteiger partial charge in [0.05, 0.1) is 11.3 Å². The molecule has 2 rings (SSSR count). The maximum atomic E-state index is 10.6. The van der Waals surface area contributed by atoms with Crippen LogP contribution in [0.3, 0.4) is 0 Å². The third-order valence-electron chi connectivity index (χ3n) is 2.27. The van der Waals surface area contributed by atoms with Gasteiger partial charge in [-0.3, -0.25) is 4.98 Å². The summed E-state index contributed by atoms with van der Waals surface area (Å²) >= 11 is 5.75. The van der Waals surface area contributed by atoms with Gasteiger partial charge in [0, 0.05) is 11.2 Å². The second kappa shape index (κ2) is 5.51. The summed E-state index contributed by atoms with van der Waals surface area (Å²) in [6.07, 6.45) is 1.31. The predicted octanol–water partition coefficient (Wildman–Crippen LogP) is 3.01. The molecule has 0 saturated carbocycles. The molecular weight excluding hydrogens is 254 g/mol. The third kappa shape index (κ3) is 3.21. The zero-order valence-electron chi connectivity index (χ0n) is 9.34. The lowest BCUT2D eigenvalue weighted by atomic mass is 10.2. The van der Waals surface area contributed by atoms with Crippen LogP contribution in [0.4, 0.5) is 0 Å². The van der Waals surface area contributed by atoms with Crippen LogP contribution >= 0.6 is 11.6 Å². The Morgan fingerprint density at radius 2 is 1.94 bits per heavy atom. The van der Waals surface area contributed by atoms with Gasteiger partial charge in [0.2, 0.25) is 0 Å². The van der Waals surface area contributed by atoms with Crippen LogP contribution in [-0.2, 0) is 6.61 Å². The molecule has 92 valence electrons. The number of halogens is 1. The predicted molar refractivity (Wildman–Crippen MR) is 67.0 cm³/mol. The van der Waals surface area contributed by atoms with Crippen molar-refractivity contribution in [2.45, 2.75) is 6.61 Å². The standard InChI is InChI=1S/C13H10ClNO3/c14-10-2-5-12(6-3-10)18-8-11-4-1-9(7-15-11)13(16)17/h1-7H,8H2,(H,16,17). The van der Waals surface area contributed by atoms with Crippen LogP contribution in [-0.4, -0.2) is 16.1 Å². The number of nitrogens with zero attached hydrogens (tertiary/aromatic N) is 1. The first kappa shape index (κ1) is 12.4. The molecule has 1 aromatic carbocycles. The number of hydrogen-bond acceptors (Lipinski definition) is 3. The van der Waals surface area contributed by atoms with E-state index < -0.39 is 5.97 Å². The molecule has 1 heterocycles. The fourth-order valence-electron chi connectivity index (χ4n) is 1.32. The Labute approximate surface area is 109 Å².